The van der Waals surface area contributed by atoms with Crippen LogP contribution in [0.25, 0.3) is 0 Å². The fourth-order valence-corrected chi connectivity index (χ4v) is 3.01. The minimum absolute atomic E-state index is 0.140. The first-order chi connectivity index (χ1) is 11.1. The molecular formula is C17H23ClN2O3. The van der Waals surface area contributed by atoms with Gasteiger partial charge >= 0.3 is 0 Å². The molecule has 0 saturated heterocycles. The Morgan fingerprint density at radius 3 is 2.48 bits per heavy atom. The summed E-state index contributed by atoms with van der Waals surface area (Å²) in [6.45, 7) is -0.140. The van der Waals surface area contributed by atoms with Crippen molar-refractivity contribution in [2.75, 3.05) is 6.61 Å². The van der Waals surface area contributed by atoms with Crippen molar-refractivity contribution in [2.45, 2.75) is 51.0 Å². The van der Waals surface area contributed by atoms with E-state index < -0.39 is 5.91 Å². The van der Waals surface area contributed by atoms with E-state index >= 15 is 0 Å². The Labute approximate surface area is 141 Å². The van der Waals surface area contributed by atoms with E-state index in [1.165, 1.54) is 25.3 Å². The highest BCUT2D eigenvalue weighted by atomic mass is 35.5. The number of halogens is 1. The molecule has 5 nitrogen and oxygen atoms in total. The minimum Gasteiger partial charge on any atom is -0.483 e. The Balaban J connectivity index is 1.87. The molecule has 23 heavy (non-hydrogen) atoms. The van der Waals surface area contributed by atoms with Gasteiger partial charge in [0.1, 0.15) is 5.75 Å². The lowest BCUT2D eigenvalue weighted by Gasteiger charge is -2.21. The Morgan fingerprint density at radius 2 is 1.83 bits per heavy atom. The summed E-state index contributed by atoms with van der Waals surface area (Å²) >= 11 is 5.84. The van der Waals surface area contributed by atoms with Gasteiger partial charge in [-0.05, 0) is 31.0 Å². The molecule has 1 aliphatic carbocycles. The van der Waals surface area contributed by atoms with Gasteiger partial charge in [-0.2, -0.15) is 0 Å². The molecule has 2 rings (SSSR count). The SMILES string of the molecule is NC(=O)c1cc(Cl)ccc1OCC(=O)NC1CCCCCCC1. The molecule has 1 aliphatic rings. The smallest absolute Gasteiger partial charge is 0.258 e. The molecule has 0 aromatic heterocycles. The lowest BCUT2D eigenvalue weighted by atomic mass is 9.97. The van der Waals surface area contributed by atoms with Crippen molar-refractivity contribution in [3.63, 3.8) is 0 Å². The standard InChI is InChI=1S/C17H23ClN2O3/c18-12-8-9-15(14(10-12)17(19)22)23-11-16(21)20-13-6-4-2-1-3-5-7-13/h8-10,13H,1-7,11H2,(H2,19,22)(H,20,21). The van der Waals surface area contributed by atoms with Crippen LogP contribution in [0.4, 0.5) is 0 Å². The van der Waals surface area contributed by atoms with E-state index in [-0.39, 0.29) is 29.9 Å². The summed E-state index contributed by atoms with van der Waals surface area (Å²) in [6, 6.07) is 4.79. The average molecular weight is 339 g/mol. The third-order valence-electron chi connectivity index (χ3n) is 4.04. The molecule has 6 heteroatoms. The number of hydrogen-bond acceptors (Lipinski definition) is 3. The van der Waals surface area contributed by atoms with E-state index in [2.05, 4.69) is 5.32 Å². The lowest BCUT2D eigenvalue weighted by Crippen LogP contribution is -2.38. The number of rotatable bonds is 5. The Hall–Kier alpha value is -1.75. The van der Waals surface area contributed by atoms with Gasteiger partial charge in [0.15, 0.2) is 6.61 Å². The van der Waals surface area contributed by atoms with Crippen molar-refractivity contribution in [1.29, 1.82) is 0 Å². The molecule has 1 fully saturated rings. The van der Waals surface area contributed by atoms with E-state index in [1.807, 2.05) is 0 Å². The van der Waals surface area contributed by atoms with Crippen LogP contribution in [0.1, 0.15) is 55.3 Å². The number of carbonyl (C=O) groups is 2. The number of nitrogens with two attached hydrogens (primary N) is 1. The highest BCUT2D eigenvalue weighted by Crippen LogP contribution is 2.22. The van der Waals surface area contributed by atoms with Crippen molar-refractivity contribution in [3.05, 3.63) is 28.8 Å². The third kappa shape index (κ3) is 5.75. The second-order valence-electron chi connectivity index (χ2n) is 5.90. The van der Waals surface area contributed by atoms with Crippen LogP contribution in [-0.2, 0) is 4.79 Å². The van der Waals surface area contributed by atoms with Crippen LogP contribution in [0.5, 0.6) is 5.75 Å². The minimum atomic E-state index is -0.636. The highest BCUT2D eigenvalue weighted by molar-refractivity contribution is 6.31. The second-order valence-corrected chi connectivity index (χ2v) is 6.34. The number of amides is 2. The van der Waals surface area contributed by atoms with Gasteiger partial charge in [0, 0.05) is 11.1 Å². The van der Waals surface area contributed by atoms with E-state index in [9.17, 15) is 9.59 Å². The van der Waals surface area contributed by atoms with E-state index in [4.69, 9.17) is 22.1 Å². The van der Waals surface area contributed by atoms with Crippen molar-refractivity contribution < 1.29 is 14.3 Å². The number of primary amides is 1. The maximum absolute atomic E-state index is 12.1. The summed E-state index contributed by atoms with van der Waals surface area (Å²) in [4.78, 5) is 23.4. The molecule has 0 radical (unpaired) electrons. The van der Waals surface area contributed by atoms with Gasteiger partial charge in [0.05, 0.1) is 5.56 Å². The van der Waals surface area contributed by atoms with Crippen LogP contribution in [0.3, 0.4) is 0 Å². The predicted molar refractivity (Wildman–Crippen MR) is 89.7 cm³/mol. The topological polar surface area (TPSA) is 81.4 Å². The van der Waals surface area contributed by atoms with E-state index in [0.29, 0.717) is 5.02 Å². The summed E-state index contributed by atoms with van der Waals surface area (Å²) in [7, 11) is 0. The van der Waals surface area contributed by atoms with Crippen molar-refractivity contribution >= 4 is 23.4 Å². The van der Waals surface area contributed by atoms with E-state index in [1.54, 1.807) is 12.1 Å². The molecule has 1 aromatic carbocycles. The predicted octanol–water partition coefficient (Wildman–Crippen LogP) is 3.05. The van der Waals surface area contributed by atoms with Gasteiger partial charge in [-0.25, -0.2) is 0 Å². The van der Waals surface area contributed by atoms with Gasteiger partial charge < -0.3 is 15.8 Å². The highest BCUT2D eigenvalue weighted by Gasteiger charge is 2.16. The molecule has 0 spiro atoms. The first-order valence-electron chi connectivity index (χ1n) is 8.08. The molecule has 2 amide bonds. The van der Waals surface area contributed by atoms with Gasteiger partial charge in [-0.1, -0.05) is 43.7 Å². The molecule has 0 atom stereocenters. The third-order valence-corrected chi connectivity index (χ3v) is 4.27. The van der Waals surface area contributed by atoms with Crippen molar-refractivity contribution in [1.82, 2.24) is 5.32 Å². The summed E-state index contributed by atoms with van der Waals surface area (Å²) in [5.41, 5.74) is 5.47. The first-order valence-corrected chi connectivity index (χ1v) is 8.45. The Bertz CT molecular complexity index is 555. The largest absolute Gasteiger partial charge is 0.483 e. The molecule has 0 bridgehead atoms. The molecule has 3 N–H and O–H groups in total. The van der Waals surface area contributed by atoms with Crippen molar-refractivity contribution in [3.8, 4) is 5.75 Å². The maximum Gasteiger partial charge on any atom is 0.258 e. The van der Waals surface area contributed by atoms with Crippen molar-refractivity contribution in [2.24, 2.45) is 5.73 Å². The van der Waals surface area contributed by atoms with Gasteiger partial charge in [-0.15, -0.1) is 0 Å². The zero-order chi connectivity index (χ0) is 16.7. The second kappa shape index (κ2) is 8.77. The molecule has 0 aliphatic heterocycles. The van der Waals surface area contributed by atoms with E-state index in [0.717, 1.165) is 25.7 Å². The monoisotopic (exact) mass is 338 g/mol. The molecule has 126 valence electrons. The summed E-state index contributed by atoms with van der Waals surface area (Å²) in [6.07, 6.45) is 8.07. The zero-order valence-electron chi connectivity index (χ0n) is 13.1. The number of ether oxygens (including phenoxy) is 1. The summed E-state index contributed by atoms with van der Waals surface area (Å²) < 4.78 is 5.44. The number of nitrogens with one attached hydrogen (secondary N) is 1. The molecular weight excluding hydrogens is 316 g/mol. The van der Waals surface area contributed by atoms with Gasteiger partial charge in [-0.3, -0.25) is 9.59 Å². The lowest BCUT2D eigenvalue weighted by molar-refractivity contribution is -0.123. The van der Waals surface area contributed by atoms with Crippen LogP contribution in [0.2, 0.25) is 5.02 Å². The molecule has 0 heterocycles. The Morgan fingerprint density at radius 1 is 1.17 bits per heavy atom. The quantitative estimate of drug-likeness (QED) is 0.865. The fraction of sp³-hybridized carbons (Fsp3) is 0.529. The van der Waals surface area contributed by atoms with Crippen LogP contribution < -0.4 is 15.8 Å². The van der Waals surface area contributed by atoms with Crippen LogP contribution in [-0.4, -0.2) is 24.5 Å². The van der Waals surface area contributed by atoms with Gasteiger partial charge in [0.25, 0.3) is 11.8 Å². The van der Waals surface area contributed by atoms with Gasteiger partial charge in [0.2, 0.25) is 0 Å². The number of hydrogen-bond donors (Lipinski definition) is 2. The van der Waals surface area contributed by atoms with Crippen LogP contribution in [0.15, 0.2) is 18.2 Å². The maximum atomic E-state index is 12.1. The molecule has 0 unspecified atom stereocenters. The average Bonchev–Trinajstić information content (AvgIpc) is 2.48. The number of carbonyl (C=O) groups excluding carboxylic acids is 2. The Kier molecular flexibility index (Phi) is 6.71. The zero-order valence-corrected chi connectivity index (χ0v) is 13.9. The van der Waals surface area contributed by atoms with Crippen LogP contribution >= 0.6 is 11.6 Å². The first kappa shape index (κ1) is 17.6. The molecule has 1 saturated carbocycles. The summed E-state index contributed by atoms with van der Waals surface area (Å²) in [5, 5.41) is 3.40. The summed E-state index contributed by atoms with van der Waals surface area (Å²) in [5.74, 6) is -0.543. The van der Waals surface area contributed by atoms with Crippen LogP contribution in [0, 0.1) is 0 Å². The normalized spacial score (nSPS) is 16.2. The number of benzene rings is 1. The fourth-order valence-electron chi connectivity index (χ4n) is 2.83. The molecule has 1 aromatic rings.